The van der Waals surface area contributed by atoms with Gasteiger partial charge in [0.25, 0.3) is 0 Å². The number of aliphatic hydroxyl groups is 1. The second-order valence-corrected chi connectivity index (χ2v) is 5.48. The second-order valence-electron chi connectivity index (χ2n) is 5.48. The molecule has 1 aliphatic rings. The Morgan fingerprint density at radius 3 is 2.86 bits per heavy atom. The summed E-state index contributed by atoms with van der Waals surface area (Å²) in [5.41, 5.74) is 2.99. The van der Waals surface area contributed by atoms with Crippen LogP contribution in [0.5, 0.6) is 0 Å². The number of aryl methyl sites for hydroxylation is 1. The fourth-order valence-corrected chi connectivity index (χ4v) is 2.90. The lowest BCUT2D eigenvalue weighted by Gasteiger charge is -2.37. The third-order valence-electron chi connectivity index (χ3n) is 3.96. The minimum atomic E-state index is -0.385. The Morgan fingerprint density at radius 1 is 1.48 bits per heavy atom. The van der Waals surface area contributed by atoms with E-state index in [0.29, 0.717) is 0 Å². The summed E-state index contributed by atoms with van der Waals surface area (Å²) in [5, 5.41) is 9.66. The van der Waals surface area contributed by atoms with E-state index in [0.717, 1.165) is 29.7 Å². The molecule has 0 unspecified atom stereocenters. The Morgan fingerprint density at radius 2 is 2.24 bits per heavy atom. The Balaban J connectivity index is 2.44. The number of nitrogens with zero attached hydrogens (tertiary/aromatic N) is 1. The van der Waals surface area contributed by atoms with Crippen molar-refractivity contribution in [3.8, 4) is 0 Å². The van der Waals surface area contributed by atoms with E-state index in [1.54, 1.807) is 4.90 Å². The van der Waals surface area contributed by atoms with Crippen molar-refractivity contribution in [2.45, 2.75) is 32.7 Å². The molecule has 114 valence electrons. The Labute approximate surface area is 126 Å². The average molecular weight is 289 g/mol. The van der Waals surface area contributed by atoms with Gasteiger partial charge in [-0.25, -0.2) is 4.79 Å². The molecule has 0 radical (unpaired) electrons. The number of rotatable bonds is 4. The van der Waals surface area contributed by atoms with Crippen LogP contribution in [-0.2, 0) is 4.74 Å². The molecular weight excluding hydrogens is 266 g/mol. The van der Waals surface area contributed by atoms with Crippen molar-refractivity contribution in [2.24, 2.45) is 5.92 Å². The van der Waals surface area contributed by atoms with E-state index in [1.165, 1.54) is 7.11 Å². The van der Waals surface area contributed by atoms with Gasteiger partial charge in [0.15, 0.2) is 0 Å². The zero-order valence-corrected chi connectivity index (χ0v) is 12.9. The highest BCUT2D eigenvalue weighted by Gasteiger charge is 2.33. The zero-order valence-electron chi connectivity index (χ0n) is 12.9. The maximum atomic E-state index is 12.2. The highest BCUT2D eigenvalue weighted by Crippen LogP contribution is 2.34. The number of carbonyl (C=O) groups is 1. The van der Waals surface area contributed by atoms with Crippen LogP contribution in [0.4, 0.5) is 10.5 Å². The first-order valence-corrected chi connectivity index (χ1v) is 7.39. The van der Waals surface area contributed by atoms with Gasteiger partial charge in [-0.2, -0.15) is 0 Å². The Kier molecular flexibility index (Phi) is 5.02. The molecule has 4 nitrogen and oxygen atoms in total. The molecule has 21 heavy (non-hydrogen) atoms. The van der Waals surface area contributed by atoms with Gasteiger partial charge >= 0.3 is 6.09 Å². The van der Waals surface area contributed by atoms with Crippen LogP contribution in [0.15, 0.2) is 24.3 Å². The second kappa shape index (κ2) is 6.76. The fourth-order valence-electron chi connectivity index (χ4n) is 2.90. The minimum Gasteiger partial charge on any atom is -0.452 e. The summed E-state index contributed by atoms with van der Waals surface area (Å²) < 4.78 is 4.95. The summed E-state index contributed by atoms with van der Waals surface area (Å²) in [4.78, 5) is 13.9. The third kappa shape index (κ3) is 3.10. The molecule has 1 amide bonds. The maximum absolute atomic E-state index is 12.2. The lowest BCUT2D eigenvalue weighted by atomic mass is 9.90. The molecular formula is C17H23NO3. The van der Waals surface area contributed by atoms with Crippen LogP contribution in [0, 0.1) is 12.8 Å². The third-order valence-corrected chi connectivity index (χ3v) is 3.96. The molecule has 1 heterocycles. The molecule has 2 atom stereocenters. The molecule has 4 heteroatoms. The number of benzene rings is 1. The van der Waals surface area contributed by atoms with Crippen LogP contribution >= 0.6 is 0 Å². The van der Waals surface area contributed by atoms with Crippen molar-refractivity contribution >= 4 is 17.9 Å². The summed E-state index contributed by atoms with van der Waals surface area (Å²) >= 11 is 0. The van der Waals surface area contributed by atoms with Crippen molar-refractivity contribution < 1.29 is 14.6 Å². The van der Waals surface area contributed by atoms with Gasteiger partial charge in [0.2, 0.25) is 0 Å². The monoisotopic (exact) mass is 289 g/mol. The van der Waals surface area contributed by atoms with Crippen molar-refractivity contribution in [2.75, 3.05) is 18.6 Å². The Bertz CT molecular complexity index is 539. The highest BCUT2D eigenvalue weighted by atomic mass is 16.5. The minimum absolute atomic E-state index is 0.0137. The SMILES string of the molecule is CCC[C@@H](CO)[C@H]1C=Cc2cc(C)ccc2N1C(=O)OC. The maximum Gasteiger partial charge on any atom is 0.414 e. The van der Waals surface area contributed by atoms with Crippen LogP contribution < -0.4 is 4.90 Å². The summed E-state index contributed by atoms with van der Waals surface area (Å²) in [6, 6.07) is 5.81. The number of hydrogen-bond donors (Lipinski definition) is 1. The number of hydrogen-bond acceptors (Lipinski definition) is 3. The van der Waals surface area contributed by atoms with Gasteiger partial charge in [-0.05, 0) is 31.0 Å². The molecule has 0 aromatic heterocycles. The topological polar surface area (TPSA) is 49.8 Å². The normalized spacial score (nSPS) is 18.3. The quantitative estimate of drug-likeness (QED) is 0.924. The summed E-state index contributed by atoms with van der Waals surface area (Å²) in [6.07, 6.45) is 5.47. The number of ether oxygens (including phenoxy) is 1. The molecule has 1 aromatic carbocycles. The predicted octanol–water partition coefficient (Wildman–Crippen LogP) is 3.37. The summed E-state index contributed by atoms with van der Waals surface area (Å²) in [6.45, 7) is 4.16. The van der Waals surface area contributed by atoms with Gasteiger partial charge in [0, 0.05) is 12.5 Å². The van der Waals surface area contributed by atoms with Gasteiger partial charge in [-0.3, -0.25) is 4.90 Å². The van der Waals surface area contributed by atoms with E-state index in [-0.39, 0.29) is 24.7 Å². The molecule has 1 aromatic rings. The van der Waals surface area contributed by atoms with Crippen LogP contribution in [0.3, 0.4) is 0 Å². The number of amides is 1. The van der Waals surface area contributed by atoms with Crippen LogP contribution in [0.1, 0.15) is 30.9 Å². The average Bonchev–Trinajstić information content (AvgIpc) is 2.50. The van der Waals surface area contributed by atoms with Crippen molar-refractivity contribution in [3.63, 3.8) is 0 Å². The van der Waals surface area contributed by atoms with Crippen molar-refractivity contribution in [3.05, 3.63) is 35.4 Å². The van der Waals surface area contributed by atoms with Crippen LogP contribution in [-0.4, -0.2) is 31.0 Å². The predicted molar refractivity (Wildman–Crippen MR) is 84.4 cm³/mol. The molecule has 0 saturated heterocycles. The van der Waals surface area contributed by atoms with Gasteiger partial charge in [-0.15, -0.1) is 0 Å². The van der Waals surface area contributed by atoms with E-state index in [1.807, 2.05) is 37.3 Å². The van der Waals surface area contributed by atoms with E-state index in [4.69, 9.17) is 4.74 Å². The fraction of sp³-hybridized carbons (Fsp3) is 0.471. The van der Waals surface area contributed by atoms with Crippen LogP contribution in [0.2, 0.25) is 0 Å². The largest absolute Gasteiger partial charge is 0.452 e. The molecule has 0 aliphatic carbocycles. The number of fused-ring (bicyclic) bond motifs is 1. The number of anilines is 1. The Hall–Kier alpha value is -1.81. The number of carbonyl (C=O) groups excluding carboxylic acids is 1. The zero-order chi connectivity index (χ0) is 15.4. The first-order valence-electron chi connectivity index (χ1n) is 7.39. The molecule has 0 saturated carbocycles. The summed E-state index contributed by atoms with van der Waals surface area (Å²) in [7, 11) is 1.39. The molecule has 2 rings (SSSR count). The molecule has 0 bridgehead atoms. The van der Waals surface area contributed by atoms with Gasteiger partial charge < -0.3 is 9.84 Å². The van der Waals surface area contributed by atoms with Crippen molar-refractivity contribution in [1.29, 1.82) is 0 Å². The first-order chi connectivity index (χ1) is 10.1. The smallest absolute Gasteiger partial charge is 0.414 e. The van der Waals surface area contributed by atoms with E-state index < -0.39 is 0 Å². The van der Waals surface area contributed by atoms with E-state index >= 15 is 0 Å². The lowest BCUT2D eigenvalue weighted by Crippen LogP contribution is -2.46. The molecule has 0 fully saturated rings. The number of aliphatic hydroxyl groups excluding tert-OH is 1. The highest BCUT2D eigenvalue weighted by molar-refractivity contribution is 5.93. The summed E-state index contributed by atoms with van der Waals surface area (Å²) in [5.74, 6) is 0.0137. The lowest BCUT2D eigenvalue weighted by molar-refractivity contribution is 0.165. The first kappa shape index (κ1) is 15.6. The number of methoxy groups -OCH3 is 1. The molecule has 1 N–H and O–H groups in total. The van der Waals surface area contributed by atoms with Gasteiger partial charge in [0.05, 0.1) is 18.8 Å². The van der Waals surface area contributed by atoms with Crippen molar-refractivity contribution in [1.82, 2.24) is 0 Å². The van der Waals surface area contributed by atoms with E-state index in [9.17, 15) is 9.90 Å². The molecule has 0 spiro atoms. The van der Waals surface area contributed by atoms with Gasteiger partial charge in [0.1, 0.15) is 0 Å². The van der Waals surface area contributed by atoms with Gasteiger partial charge in [-0.1, -0.05) is 37.1 Å². The van der Waals surface area contributed by atoms with E-state index in [2.05, 4.69) is 6.92 Å². The molecule has 1 aliphatic heterocycles. The van der Waals surface area contributed by atoms with Crippen LogP contribution in [0.25, 0.3) is 6.08 Å². The standard InChI is InChI=1S/C17H23NO3/c1-4-5-14(11-19)16-9-7-13-10-12(2)6-8-15(13)18(16)17(20)21-3/h6-10,14,16,19H,4-5,11H2,1-3H3/t14-,16+/m0/s1.